The summed E-state index contributed by atoms with van der Waals surface area (Å²) < 4.78 is 2.01. The van der Waals surface area contributed by atoms with Gasteiger partial charge in [0, 0.05) is 13.1 Å². The number of nitrogens with zero attached hydrogens (tertiary/aromatic N) is 3. The minimum Gasteiger partial charge on any atom is -0.390 e. The summed E-state index contributed by atoms with van der Waals surface area (Å²) in [4.78, 5) is 6.49. The number of imidazole rings is 1. The van der Waals surface area contributed by atoms with Gasteiger partial charge in [-0.1, -0.05) is 42.5 Å². The Morgan fingerprint density at radius 2 is 1.82 bits per heavy atom. The van der Waals surface area contributed by atoms with Crippen LogP contribution in [0.15, 0.2) is 60.9 Å². The maximum atomic E-state index is 10.3. The molecule has 0 spiro atoms. The fourth-order valence-corrected chi connectivity index (χ4v) is 2.76. The molecule has 2 aromatic carbocycles. The molecule has 114 valence electrons. The van der Waals surface area contributed by atoms with Crippen LogP contribution in [0, 0.1) is 0 Å². The molecule has 0 saturated carbocycles. The summed E-state index contributed by atoms with van der Waals surface area (Å²) in [5, 5.41) is 10.3. The molecule has 4 nitrogen and oxygen atoms in total. The molecule has 3 rings (SSSR count). The van der Waals surface area contributed by atoms with Crippen LogP contribution < -0.4 is 0 Å². The highest BCUT2D eigenvalue weighted by Gasteiger charge is 2.11. The molecule has 22 heavy (non-hydrogen) atoms. The molecule has 1 aromatic heterocycles. The molecule has 3 aromatic rings. The molecule has 0 aliphatic heterocycles. The van der Waals surface area contributed by atoms with E-state index in [1.165, 1.54) is 5.56 Å². The fraction of sp³-hybridized carbons (Fsp3) is 0.278. The molecular weight excluding hydrogens is 274 g/mol. The number of benzene rings is 2. The van der Waals surface area contributed by atoms with E-state index in [1.807, 2.05) is 54.1 Å². The first kappa shape index (κ1) is 14.8. The largest absolute Gasteiger partial charge is 0.390 e. The standard InChI is InChI=1S/C18H21N3O/c1-20(11-15-7-3-2-4-8-15)12-16(22)13-21-14-19-17-9-5-6-10-18(17)21/h2-10,14,16,22H,11-13H2,1H3/t16-/m1/s1. The molecule has 0 bridgehead atoms. The number of hydrogen-bond donors (Lipinski definition) is 1. The number of fused-ring (bicyclic) bond motifs is 1. The molecule has 0 unspecified atom stereocenters. The molecule has 1 atom stereocenters. The number of aromatic nitrogens is 2. The lowest BCUT2D eigenvalue weighted by Gasteiger charge is -2.21. The highest BCUT2D eigenvalue weighted by molar-refractivity contribution is 5.74. The number of rotatable bonds is 6. The van der Waals surface area contributed by atoms with Crippen LogP contribution in [0.1, 0.15) is 5.56 Å². The lowest BCUT2D eigenvalue weighted by Crippen LogP contribution is -2.31. The SMILES string of the molecule is CN(Cc1ccccc1)C[C@@H](O)Cn1cnc2ccccc21. The van der Waals surface area contributed by atoms with Crippen molar-refractivity contribution in [3.8, 4) is 0 Å². The van der Waals surface area contributed by atoms with Gasteiger partial charge in [-0.2, -0.15) is 0 Å². The molecule has 0 fully saturated rings. The first-order valence-corrected chi connectivity index (χ1v) is 7.53. The summed E-state index contributed by atoms with van der Waals surface area (Å²) >= 11 is 0. The summed E-state index contributed by atoms with van der Waals surface area (Å²) in [5.41, 5.74) is 3.28. The van der Waals surface area contributed by atoms with Gasteiger partial charge in [0.15, 0.2) is 0 Å². The van der Waals surface area contributed by atoms with Gasteiger partial charge in [-0.3, -0.25) is 4.90 Å². The summed E-state index contributed by atoms with van der Waals surface area (Å²) in [6.07, 6.45) is 1.37. The van der Waals surface area contributed by atoms with E-state index in [0.717, 1.165) is 17.6 Å². The normalized spacial score (nSPS) is 12.9. The third-order valence-electron chi connectivity index (χ3n) is 3.75. The second kappa shape index (κ2) is 6.73. The average Bonchev–Trinajstić information content (AvgIpc) is 2.91. The maximum absolute atomic E-state index is 10.3. The van der Waals surface area contributed by atoms with Gasteiger partial charge in [-0.25, -0.2) is 4.98 Å². The minimum absolute atomic E-state index is 0.425. The molecule has 0 aliphatic rings. The first-order chi connectivity index (χ1) is 10.7. The zero-order valence-corrected chi connectivity index (χ0v) is 12.8. The van der Waals surface area contributed by atoms with Crippen molar-refractivity contribution in [1.29, 1.82) is 0 Å². The van der Waals surface area contributed by atoms with Gasteiger partial charge in [0.1, 0.15) is 0 Å². The van der Waals surface area contributed by atoms with Gasteiger partial charge >= 0.3 is 0 Å². The zero-order chi connectivity index (χ0) is 15.4. The molecule has 0 radical (unpaired) electrons. The van der Waals surface area contributed by atoms with Crippen molar-refractivity contribution in [3.05, 3.63) is 66.5 Å². The van der Waals surface area contributed by atoms with Crippen LogP contribution in [-0.2, 0) is 13.1 Å². The van der Waals surface area contributed by atoms with Gasteiger partial charge in [-0.05, 0) is 24.7 Å². The highest BCUT2D eigenvalue weighted by atomic mass is 16.3. The number of hydrogen-bond acceptors (Lipinski definition) is 3. The summed E-state index contributed by atoms with van der Waals surface area (Å²) in [6, 6.07) is 18.3. The molecule has 1 heterocycles. The number of likely N-dealkylation sites (N-methyl/N-ethyl adjacent to an activating group) is 1. The lowest BCUT2D eigenvalue weighted by molar-refractivity contribution is 0.108. The van der Waals surface area contributed by atoms with Crippen molar-refractivity contribution < 1.29 is 5.11 Å². The van der Waals surface area contributed by atoms with Gasteiger partial charge < -0.3 is 9.67 Å². The van der Waals surface area contributed by atoms with Crippen LogP contribution in [0.2, 0.25) is 0 Å². The van der Waals surface area contributed by atoms with Crippen LogP contribution in [0.4, 0.5) is 0 Å². The van der Waals surface area contributed by atoms with Crippen molar-refractivity contribution in [2.24, 2.45) is 0 Å². The van der Waals surface area contributed by atoms with E-state index in [0.29, 0.717) is 13.1 Å². The number of aliphatic hydroxyl groups is 1. The van der Waals surface area contributed by atoms with Crippen LogP contribution in [-0.4, -0.2) is 39.3 Å². The molecule has 1 N–H and O–H groups in total. The van der Waals surface area contributed by atoms with E-state index in [1.54, 1.807) is 6.33 Å². The van der Waals surface area contributed by atoms with Crippen LogP contribution in [0.5, 0.6) is 0 Å². The van der Waals surface area contributed by atoms with E-state index < -0.39 is 6.10 Å². The molecule has 0 aliphatic carbocycles. The monoisotopic (exact) mass is 295 g/mol. The van der Waals surface area contributed by atoms with Crippen molar-refractivity contribution in [2.45, 2.75) is 19.2 Å². The Balaban J connectivity index is 1.59. The zero-order valence-electron chi connectivity index (χ0n) is 12.8. The second-order valence-corrected chi connectivity index (χ2v) is 5.72. The number of aliphatic hydroxyl groups excluding tert-OH is 1. The van der Waals surface area contributed by atoms with Gasteiger partial charge in [-0.15, -0.1) is 0 Å². The van der Waals surface area contributed by atoms with E-state index >= 15 is 0 Å². The Hall–Kier alpha value is -2.17. The topological polar surface area (TPSA) is 41.3 Å². The van der Waals surface area contributed by atoms with E-state index in [4.69, 9.17) is 0 Å². The van der Waals surface area contributed by atoms with Crippen molar-refractivity contribution in [2.75, 3.05) is 13.6 Å². The Morgan fingerprint density at radius 3 is 2.64 bits per heavy atom. The van der Waals surface area contributed by atoms with Crippen molar-refractivity contribution >= 4 is 11.0 Å². The van der Waals surface area contributed by atoms with E-state index in [9.17, 15) is 5.11 Å². The predicted molar refractivity (Wildman–Crippen MR) is 88.5 cm³/mol. The predicted octanol–water partition coefficient (Wildman–Crippen LogP) is 2.53. The second-order valence-electron chi connectivity index (χ2n) is 5.72. The Bertz CT molecular complexity index is 723. The van der Waals surface area contributed by atoms with Crippen molar-refractivity contribution in [3.63, 3.8) is 0 Å². The van der Waals surface area contributed by atoms with Crippen molar-refractivity contribution in [1.82, 2.24) is 14.5 Å². The van der Waals surface area contributed by atoms with Crippen LogP contribution in [0.3, 0.4) is 0 Å². The smallest absolute Gasteiger partial charge is 0.0959 e. The first-order valence-electron chi connectivity index (χ1n) is 7.53. The summed E-state index contributed by atoms with van der Waals surface area (Å²) in [5.74, 6) is 0. The van der Waals surface area contributed by atoms with E-state index in [-0.39, 0.29) is 0 Å². The van der Waals surface area contributed by atoms with Gasteiger partial charge in [0.25, 0.3) is 0 Å². The third-order valence-corrected chi connectivity index (χ3v) is 3.75. The Morgan fingerprint density at radius 1 is 1.09 bits per heavy atom. The van der Waals surface area contributed by atoms with Gasteiger partial charge in [0.2, 0.25) is 0 Å². The molecule has 0 saturated heterocycles. The molecule has 4 heteroatoms. The lowest BCUT2D eigenvalue weighted by atomic mass is 10.2. The maximum Gasteiger partial charge on any atom is 0.0959 e. The third kappa shape index (κ3) is 3.53. The Labute approximate surface area is 130 Å². The summed E-state index contributed by atoms with van der Waals surface area (Å²) in [6.45, 7) is 2.02. The minimum atomic E-state index is -0.425. The molecular formula is C18H21N3O. The highest BCUT2D eigenvalue weighted by Crippen LogP contribution is 2.12. The quantitative estimate of drug-likeness (QED) is 0.760. The summed E-state index contributed by atoms with van der Waals surface area (Å²) in [7, 11) is 2.03. The van der Waals surface area contributed by atoms with Crippen LogP contribution >= 0.6 is 0 Å². The van der Waals surface area contributed by atoms with Crippen LogP contribution in [0.25, 0.3) is 11.0 Å². The number of para-hydroxylation sites is 2. The Kier molecular flexibility index (Phi) is 4.51. The van der Waals surface area contributed by atoms with Gasteiger partial charge in [0.05, 0.1) is 30.0 Å². The molecule has 0 amide bonds. The average molecular weight is 295 g/mol. The van der Waals surface area contributed by atoms with E-state index in [2.05, 4.69) is 22.0 Å². The fourth-order valence-electron chi connectivity index (χ4n) is 2.76.